The Labute approximate surface area is 144 Å². The number of ether oxygens (including phenoxy) is 1. The Kier molecular flexibility index (Phi) is 4.95. The highest BCUT2D eigenvalue weighted by Gasteiger charge is 2.32. The Hall–Kier alpha value is -2.93. The maximum atomic E-state index is 14.5. The van der Waals surface area contributed by atoms with Crippen molar-refractivity contribution in [3.63, 3.8) is 0 Å². The standard InChI is InChI=1S/C18H18FN3O3/c19-17-7-14(22-10-15(9-21-11-23)25-18(22)24)5-6-16(17)13-3-1-12(8-20)2-4-13/h1-7,11,15H,8-10,20H2,(H,21,23). The topological polar surface area (TPSA) is 84.7 Å². The van der Waals surface area contributed by atoms with Gasteiger partial charge in [0, 0.05) is 12.1 Å². The van der Waals surface area contributed by atoms with Crippen molar-refractivity contribution in [3.05, 3.63) is 53.8 Å². The lowest BCUT2D eigenvalue weighted by Crippen LogP contribution is -2.30. The molecule has 2 amide bonds. The minimum atomic E-state index is -0.558. The lowest BCUT2D eigenvalue weighted by molar-refractivity contribution is -0.109. The number of halogens is 1. The van der Waals surface area contributed by atoms with Crippen LogP contribution in [-0.4, -0.2) is 31.7 Å². The van der Waals surface area contributed by atoms with Crippen LogP contribution in [0.4, 0.5) is 14.9 Å². The Morgan fingerprint density at radius 3 is 2.68 bits per heavy atom. The largest absolute Gasteiger partial charge is 0.442 e. The monoisotopic (exact) mass is 343 g/mol. The van der Waals surface area contributed by atoms with Gasteiger partial charge in [-0.15, -0.1) is 0 Å². The van der Waals surface area contributed by atoms with Crippen LogP contribution in [0.1, 0.15) is 5.56 Å². The first kappa shape index (κ1) is 16.9. The van der Waals surface area contributed by atoms with Gasteiger partial charge in [0.1, 0.15) is 11.9 Å². The van der Waals surface area contributed by atoms with E-state index in [2.05, 4.69) is 5.32 Å². The number of carbonyl (C=O) groups excluding carboxylic acids is 2. The Morgan fingerprint density at radius 2 is 2.04 bits per heavy atom. The molecule has 1 aliphatic heterocycles. The molecule has 7 heteroatoms. The Balaban J connectivity index is 1.79. The molecule has 3 rings (SSSR count). The summed E-state index contributed by atoms with van der Waals surface area (Å²) in [5.74, 6) is -0.430. The molecule has 0 spiro atoms. The van der Waals surface area contributed by atoms with Crippen molar-refractivity contribution < 1.29 is 18.7 Å². The van der Waals surface area contributed by atoms with E-state index in [4.69, 9.17) is 10.5 Å². The second-order valence-electron chi connectivity index (χ2n) is 5.71. The quantitative estimate of drug-likeness (QED) is 0.786. The first-order chi connectivity index (χ1) is 12.1. The maximum absolute atomic E-state index is 14.5. The summed E-state index contributed by atoms with van der Waals surface area (Å²) in [4.78, 5) is 23.6. The van der Waals surface area contributed by atoms with Gasteiger partial charge in [0.15, 0.2) is 0 Å². The van der Waals surface area contributed by atoms with E-state index in [0.29, 0.717) is 24.2 Å². The highest BCUT2D eigenvalue weighted by molar-refractivity contribution is 5.90. The molecule has 2 aromatic rings. The fraction of sp³-hybridized carbons (Fsp3) is 0.222. The highest BCUT2D eigenvalue weighted by atomic mass is 19.1. The minimum Gasteiger partial charge on any atom is -0.442 e. The van der Waals surface area contributed by atoms with Crippen molar-refractivity contribution in [3.8, 4) is 11.1 Å². The zero-order valence-corrected chi connectivity index (χ0v) is 13.4. The third-order valence-corrected chi connectivity index (χ3v) is 4.07. The average Bonchev–Trinajstić information content (AvgIpc) is 3.00. The number of carbonyl (C=O) groups is 2. The van der Waals surface area contributed by atoms with Gasteiger partial charge in [-0.2, -0.15) is 0 Å². The van der Waals surface area contributed by atoms with Crippen LogP contribution in [0, 0.1) is 5.82 Å². The number of nitrogens with two attached hydrogens (primary N) is 1. The number of rotatable bonds is 6. The number of anilines is 1. The predicted octanol–water partition coefficient (Wildman–Crippen LogP) is 2.02. The maximum Gasteiger partial charge on any atom is 0.414 e. The molecule has 1 heterocycles. The fourth-order valence-electron chi connectivity index (χ4n) is 2.74. The second kappa shape index (κ2) is 7.31. The average molecular weight is 343 g/mol. The molecule has 0 aliphatic carbocycles. The Bertz CT molecular complexity index is 780. The molecule has 0 radical (unpaired) electrons. The molecule has 0 saturated carbocycles. The molecule has 3 N–H and O–H groups in total. The van der Waals surface area contributed by atoms with E-state index in [-0.39, 0.29) is 13.1 Å². The first-order valence-electron chi connectivity index (χ1n) is 7.86. The molecule has 25 heavy (non-hydrogen) atoms. The van der Waals surface area contributed by atoms with Gasteiger partial charge in [0.25, 0.3) is 0 Å². The van der Waals surface area contributed by atoms with E-state index in [1.165, 1.54) is 11.0 Å². The van der Waals surface area contributed by atoms with Crippen molar-refractivity contribution in [2.75, 3.05) is 18.0 Å². The predicted molar refractivity (Wildman–Crippen MR) is 91.4 cm³/mol. The van der Waals surface area contributed by atoms with Crippen LogP contribution in [0.3, 0.4) is 0 Å². The molecular weight excluding hydrogens is 325 g/mol. The number of hydrogen-bond donors (Lipinski definition) is 2. The lowest BCUT2D eigenvalue weighted by Gasteiger charge is -2.14. The number of cyclic esters (lactones) is 1. The molecule has 0 aromatic heterocycles. The van der Waals surface area contributed by atoms with Crippen LogP contribution >= 0.6 is 0 Å². The van der Waals surface area contributed by atoms with Gasteiger partial charge in [-0.3, -0.25) is 9.69 Å². The molecule has 130 valence electrons. The normalized spacial score (nSPS) is 16.6. The van der Waals surface area contributed by atoms with Crippen molar-refractivity contribution in [2.24, 2.45) is 5.73 Å². The summed E-state index contributed by atoms with van der Waals surface area (Å²) in [5.41, 5.74) is 8.13. The van der Waals surface area contributed by atoms with Crippen molar-refractivity contribution in [1.82, 2.24) is 5.32 Å². The summed E-state index contributed by atoms with van der Waals surface area (Å²) in [5, 5.41) is 2.47. The molecule has 1 fully saturated rings. The van der Waals surface area contributed by atoms with E-state index in [9.17, 15) is 14.0 Å². The van der Waals surface area contributed by atoms with E-state index in [1.54, 1.807) is 12.1 Å². The highest BCUT2D eigenvalue weighted by Crippen LogP contribution is 2.29. The van der Waals surface area contributed by atoms with Crippen LogP contribution in [0.25, 0.3) is 11.1 Å². The number of nitrogens with zero attached hydrogens (tertiary/aromatic N) is 1. The minimum absolute atomic E-state index is 0.222. The Morgan fingerprint density at radius 1 is 1.28 bits per heavy atom. The fourth-order valence-corrected chi connectivity index (χ4v) is 2.74. The van der Waals surface area contributed by atoms with Crippen molar-refractivity contribution in [2.45, 2.75) is 12.6 Å². The van der Waals surface area contributed by atoms with Crippen molar-refractivity contribution >= 4 is 18.2 Å². The number of benzene rings is 2. The van der Waals surface area contributed by atoms with Gasteiger partial charge >= 0.3 is 6.09 Å². The van der Waals surface area contributed by atoms with Gasteiger partial charge in [0.05, 0.1) is 18.8 Å². The summed E-state index contributed by atoms with van der Waals surface area (Å²) in [6, 6.07) is 11.9. The first-order valence-corrected chi connectivity index (χ1v) is 7.86. The van der Waals surface area contributed by atoms with Crippen LogP contribution in [0.5, 0.6) is 0 Å². The van der Waals surface area contributed by atoms with E-state index < -0.39 is 18.0 Å². The molecule has 1 unspecified atom stereocenters. The van der Waals surface area contributed by atoms with Gasteiger partial charge in [-0.1, -0.05) is 24.3 Å². The van der Waals surface area contributed by atoms with Gasteiger partial charge in [-0.25, -0.2) is 9.18 Å². The summed E-state index contributed by atoms with van der Waals surface area (Å²) >= 11 is 0. The summed E-state index contributed by atoms with van der Waals surface area (Å²) in [6.07, 6.45) is -0.470. The lowest BCUT2D eigenvalue weighted by atomic mass is 10.0. The van der Waals surface area contributed by atoms with Crippen LogP contribution in [-0.2, 0) is 16.1 Å². The summed E-state index contributed by atoms with van der Waals surface area (Å²) < 4.78 is 19.7. The van der Waals surface area contributed by atoms with Crippen molar-refractivity contribution in [1.29, 1.82) is 0 Å². The van der Waals surface area contributed by atoms with Gasteiger partial charge in [0.2, 0.25) is 6.41 Å². The molecule has 1 atom stereocenters. The SMILES string of the molecule is NCc1ccc(-c2ccc(N3CC(CNC=O)OC3=O)cc2F)cc1. The number of nitrogens with one attached hydrogen (secondary N) is 1. The number of amides is 2. The zero-order valence-electron chi connectivity index (χ0n) is 13.4. The number of hydrogen-bond acceptors (Lipinski definition) is 4. The molecule has 1 aliphatic rings. The van der Waals surface area contributed by atoms with E-state index in [0.717, 1.165) is 11.1 Å². The summed E-state index contributed by atoms with van der Waals surface area (Å²) in [6.45, 7) is 0.905. The van der Waals surface area contributed by atoms with E-state index in [1.807, 2.05) is 24.3 Å². The third kappa shape index (κ3) is 3.61. The molecule has 6 nitrogen and oxygen atoms in total. The zero-order chi connectivity index (χ0) is 17.8. The van der Waals surface area contributed by atoms with Crippen LogP contribution in [0.2, 0.25) is 0 Å². The van der Waals surface area contributed by atoms with Crippen LogP contribution in [0.15, 0.2) is 42.5 Å². The smallest absolute Gasteiger partial charge is 0.414 e. The third-order valence-electron chi connectivity index (χ3n) is 4.07. The van der Waals surface area contributed by atoms with Gasteiger partial charge in [-0.05, 0) is 29.3 Å². The summed E-state index contributed by atoms with van der Waals surface area (Å²) in [7, 11) is 0. The van der Waals surface area contributed by atoms with E-state index >= 15 is 0 Å². The van der Waals surface area contributed by atoms with Crippen LogP contribution < -0.4 is 16.0 Å². The molecule has 2 aromatic carbocycles. The second-order valence-corrected chi connectivity index (χ2v) is 5.71. The molecule has 0 bridgehead atoms. The molecule has 1 saturated heterocycles. The van der Waals surface area contributed by atoms with Gasteiger partial charge < -0.3 is 15.8 Å². The molecular formula is C18H18FN3O3.